The number of rotatable bonds is 8. The van der Waals surface area contributed by atoms with Crippen LogP contribution in [0.5, 0.6) is 5.75 Å². The maximum absolute atomic E-state index is 13.4. The number of hydrogen-bond donors (Lipinski definition) is 2. The van der Waals surface area contributed by atoms with Gasteiger partial charge in [-0.3, -0.25) is 14.4 Å². The third-order valence-electron chi connectivity index (χ3n) is 7.32. The van der Waals surface area contributed by atoms with E-state index < -0.39 is 28.6 Å². The molecule has 1 amide bonds. The van der Waals surface area contributed by atoms with Gasteiger partial charge < -0.3 is 29.7 Å². The van der Waals surface area contributed by atoms with Gasteiger partial charge in [0.1, 0.15) is 17.9 Å². The summed E-state index contributed by atoms with van der Waals surface area (Å²) >= 11 is 0. The number of pyridine rings is 1. The fourth-order valence-corrected chi connectivity index (χ4v) is 5.27. The molecule has 2 heterocycles. The number of aliphatic carboxylic acids is 1. The van der Waals surface area contributed by atoms with Gasteiger partial charge in [0.05, 0.1) is 18.7 Å². The molecule has 2 aliphatic rings. The summed E-state index contributed by atoms with van der Waals surface area (Å²) in [5.74, 6) is -0.554. The molecular weight excluding hydrogens is 474 g/mol. The zero-order chi connectivity index (χ0) is 27.3. The molecule has 9 nitrogen and oxygen atoms in total. The number of nitrogens with zero attached hydrogens (tertiary/aromatic N) is 2. The molecule has 0 atom stereocenters. The molecule has 4 rings (SSSR count). The van der Waals surface area contributed by atoms with E-state index in [4.69, 9.17) is 4.74 Å². The van der Waals surface area contributed by atoms with E-state index in [2.05, 4.69) is 5.32 Å². The van der Waals surface area contributed by atoms with Crippen molar-refractivity contribution in [2.45, 2.75) is 65.0 Å². The minimum atomic E-state index is -1.19. The third kappa shape index (κ3) is 5.51. The van der Waals surface area contributed by atoms with Crippen LogP contribution in [0, 0.1) is 12.8 Å². The molecule has 0 bridgehead atoms. The van der Waals surface area contributed by atoms with E-state index in [1.54, 1.807) is 32.9 Å². The number of carboxylic acids is 1. The number of aromatic nitrogens is 1. The van der Waals surface area contributed by atoms with E-state index in [1.165, 1.54) is 11.6 Å². The molecule has 1 saturated carbocycles. The lowest BCUT2D eigenvalue weighted by Gasteiger charge is -2.41. The van der Waals surface area contributed by atoms with Crippen LogP contribution in [0.3, 0.4) is 0 Å². The van der Waals surface area contributed by atoms with E-state index in [-0.39, 0.29) is 18.5 Å². The molecule has 1 fully saturated rings. The van der Waals surface area contributed by atoms with Crippen molar-refractivity contribution < 1.29 is 24.5 Å². The number of hydrogen-bond acceptors (Lipinski definition) is 6. The van der Waals surface area contributed by atoms with Crippen LogP contribution in [-0.2, 0) is 18.3 Å². The van der Waals surface area contributed by atoms with E-state index in [0.29, 0.717) is 47.2 Å². The highest BCUT2D eigenvalue weighted by Crippen LogP contribution is 2.40. The van der Waals surface area contributed by atoms with E-state index >= 15 is 0 Å². The second-order valence-corrected chi connectivity index (χ2v) is 11.4. The van der Waals surface area contributed by atoms with Gasteiger partial charge >= 0.3 is 5.97 Å². The van der Waals surface area contributed by atoms with Gasteiger partial charge in [-0.2, -0.15) is 0 Å². The average molecular weight is 511 g/mol. The lowest BCUT2D eigenvalue weighted by molar-refractivity contribution is -0.461. The maximum atomic E-state index is 13.4. The normalized spacial score (nSPS) is 15.7. The second-order valence-electron chi connectivity index (χ2n) is 11.4. The van der Waals surface area contributed by atoms with E-state index in [9.17, 15) is 24.6 Å². The predicted octanol–water partition coefficient (Wildman–Crippen LogP) is 2.24. The zero-order valence-corrected chi connectivity index (χ0v) is 22.4. The van der Waals surface area contributed by atoms with E-state index in [1.807, 2.05) is 24.8 Å². The fraction of sp³-hybridized carbons (Fsp3) is 0.536. The molecule has 200 valence electrons. The number of carboxylic acid groups (broad SMARTS) is 1. The summed E-state index contributed by atoms with van der Waals surface area (Å²) in [5.41, 5.74) is 0.462. The predicted molar refractivity (Wildman–Crippen MR) is 139 cm³/mol. The van der Waals surface area contributed by atoms with Crippen molar-refractivity contribution in [2.24, 2.45) is 13.0 Å². The number of carbonyl (C=O) groups is 2. The zero-order valence-electron chi connectivity index (χ0n) is 22.4. The van der Waals surface area contributed by atoms with Gasteiger partial charge in [-0.05, 0) is 62.8 Å². The van der Waals surface area contributed by atoms with Crippen LogP contribution in [0.25, 0.3) is 11.1 Å². The topological polar surface area (TPSA) is 124 Å². The molecule has 1 aliphatic heterocycles. The Morgan fingerprint density at radius 2 is 1.89 bits per heavy atom. The van der Waals surface area contributed by atoms with Crippen LogP contribution in [0.4, 0.5) is 5.69 Å². The highest BCUT2D eigenvalue weighted by Gasteiger charge is 2.39. The highest BCUT2D eigenvalue weighted by atomic mass is 16.5. The smallest absolute Gasteiger partial charge is 0.309 e. The second kappa shape index (κ2) is 9.52. The molecule has 0 saturated heterocycles. The minimum absolute atomic E-state index is 0.00637. The number of nitrogens with one attached hydrogen (secondary N) is 1. The Kier molecular flexibility index (Phi) is 6.88. The van der Waals surface area contributed by atoms with Gasteiger partial charge in [0.15, 0.2) is 0 Å². The van der Waals surface area contributed by atoms with Crippen LogP contribution < -0.4 is 25.6 Å². The molecule has 1 aliphatic carbocycles. The summed E-state index contributed by atoms with van der Waals surface area (Å²) in [4.78, 5) is 40.6. The van der Waals surface area contributed by atoms with Gasteiger partial charge in [0.25, 0.3) is 11.5 Å². The molecule has 1 aromatic carbocycles. The quantitative estimate of drug-likeness (QED) is 0.558. The van der Waals surface area contributed by atoms with Crippen molar-refractivity contribution in [3.8, 4) is 16.9 Å². The number of benzene rings is 1. The molecule has 0 radical (unpaired) electrons. The average Bonchev–Trinajstić information content (AvgIpc) is 3.62. The summed E-state index contributed by atoms with van der Waals surface area (Å²) in [7, 11) is 1.50. The Hall–Kier alpha value is -3.33. The largest absolute Gasteiger partial charge is 0.849 e. The van der Waals surface area contributed by atoms with Gasteiger partial charge in [-0.15, -0.1) is 5.60 Å². The van der Waals surface area contributed by atoms with Crippen LogP contribution in [0.2, 0.25) is 0 Å². The van der Waals surface area contributed by atoms with E-state index in [0.717, 1.165) is 18.5 Å². The Morgan fingerprint density at radius 1 is 1.22 bits per heavy atom. The molecule has 2 aromatic rings. The Bertz CT molecular complexity index is 1300. The van der Waals surface area contributed by atoms with Crippen LogP contribution >= 0.6 is 0 Å². The van der Waals surface area contributed by atoms with Crippen LogP contribution in [0.1, 0.15) is 62.2 Å². The number of amides is 1. The fourth-order valence-electron chi connectivity index (χ4n) is 5.27. The lowest BCUT2D eigenvalue weighted by atomic mass is 9.91. The Labute approximate surface area is 217 Å². The first-order valence-corrected chi connectivity index (χ1v) is 12.7. The highest BCUT2D eigenvalue weighted by molar-refractivity contribution is 5.98. The molecule has 9 heteroatoms. The molecular formula is C28H36N3O6-. The Balaban J connectivity index is 1.88. The first-order valence-electron chi connectivity index (χ1n) is 12.7. The molecule has 0 unspecified atom stereocenters. The first kappa shape index (κ1) is 26.7. The summed E-state index contributed by atoms with van der Waals surface area (Å²) in [6.45, 7) is 10.1. The van der Waals surface area contributed by atoms with Crippen LogP contribution in [0.15, 0.2) is 23.0 Å². The van der Waals surface area contributed by atoms with Crippen LogP contribution in [-0.4, -0.2) is 52.4 Å². The minimum Gasteiger partial charge on any atom is -0.849 e. The third-order valence-corrected chi connectivity index (χ3v) is 7.32. The SMILES string of the molecule is Cc1c(-c2ccc3c(c2)N(CC(C)(C)[O-])CCO3)c(CC(=O)O)n(C)c(=O)c1C(=O)NC(C)(C)C1CC1. The number of fused-ring (bicyclic) bond motifs is 1. The number of carbonyl (C=O) groups excluding carboxylic acids is 1. The molecule has 1 aromatic heterocycles. The number of anilines is 1. The van der Waals surface area contributed by atoms with Crippen molar-refractivity contribution in [1.29, 1.82) is 0 Å². The molecule has 2 N–H and O–H groups in total. The van der Waals surface area contributed by atoms with Crippen molar-refractivity contribution in [3.63, 3.8) is 0 Å². The van der Waals surface area contributed by atoms with Crippen molar-refractivity contribution in [3.05, 3.63) is 45.4 Å². The van der Waals surface area contributed by atoms with Gasteiger partial charge in [0.2, 0.25) is 0 Å². The van der Waals surface area contributed by atoms with Crippen molar-refractivity contribution >= 4 is 17.6 Å². The van der Waals surface area contributed by atoms with Gasteiger partial charge in [0, 0.05) is 30.4 Å². The van der Waals surface area contributed by atoms with Gasteiger partial charge in [-0.1, -0.05) is 19.9 Å². The first-order chi connectivity index (χ1) is 17.2. The summed E-state index contributed by atoms with van der Waals surface area (Å²) < 4.78 is 7.08. The van der Waals surface area contributed by atoms with Crippen molar-refractivity contribution in [1.82, 2.24) is 9.88 Å². The number of ether oxygens (including phenoxy) is 1. The van der Waals surface area contributed by atoms with Gasteiger partial charge in [-0.25, -0.2) is 0 Å². The monoisotopic (exact) mass is 510 g/mol. The summed E-state index contributed by atoms with van der Waals surface area (Å²) in [6.07, 6.45) is 1.67. The lowest BCUT2D eigenvalue weighted by Crippen LogP contribution is -2.50. The summed E-state index contributed by atoms with van der Waals surface area (Å²) in [6, 6.07) is 5.45. The molecule has 37 heavy (non-hydrogen) atoms. The van der Waals surface area contributed by atoms with Crippen molar-refractivity contribution in [2.75, 3.05) is 24.6 Å². The summed E-state index contributed by atoms with van der Waals surface area (Å²) in [5, 5.41) is 25.2. The maximum Gasteiger partial charge on any atom is 0.309 e. The molecule has 0 spiro atoms. The Morgan fingerprint density at radius 3 is 2.49 bits per heavy atom. The standard InChI is InChI=1S/C28H36N3O6/c1-16-23(17-7-10-21-19(13-17)31(11-12-37-21)15-27(2,3)36)20(14-22(32)33)30(6)26(35)24(16)25(34)29-28(4,5)18-8-9-18/h7,10,13,18H,8-9,11-12,14-15H2,1-6H3,(H,29,34)(H,32,33)/q-1.